The minimum absolute atomic E-state index is 0.935. The molecule has 12 heavy (non-hydrogen) atoms. The van der Waals surface area contributed by atoms with E-state index in [1.165, 1.54) is 5.56 Å². The van der Waals surface area contributed by atoms with Crippen LogP contribution in [0.15, 0.2) is 48.8 Å². The minimum atomic E-state index is 0.935. The van der Waals surface area contributed by atoms with Gasteiger partial charge in [0.1, 0.15) is 0 Å². The van der Waals surface area contributed by atoms with Crippen LogP contribution < -0.4 is 0 Å². The van der Waals surface area contributed by atoms with Crippen molar-refractivity contribution in [2.45, 2.75) is 6.54 Å². The molecule has 0 amide bonds. The Bertz CT molecular complexity index is 321. The molecular formula is C11H10N-. The zero-order chi connectivity index (χ0) is 8.23. The highest BCUT2D eigenvalue weighted by Gasteiger charge is 1.86. The molecule has 1 nitrogen and oxygen atoms in total. The van der Waals surface area contributed by atoms with Crippen LogP contribution in [0.1, 0.15) is 5.56 Å². The number of nitrogens with zero attached hydrogens (tertiary/aromatic N) is 1. The van der Waals surface area contributed by atoms with E-state index in [-0.39, 0.29) is 0 Å². The van der Waals surface area contributed by atoms with E-state index in [9.17, 15) is 0 Å². The first kappa shape index (κ1) is 7.17. The summed E-state index contributed by atoms with van der Waals surface area (Å²) < 4.78 is 2.11. The van der Waals surface area contributed by atoms with Crippen molar-refractivity contribution in [2.24, 2.45) is 0 Å². The summed E-state index contributed by atoms with van der Waals surface area (Å²) in [6, 6.07) is 15.3. The Morgan fingerprint density at radius 1 is 1.17 bits per heavy atom. The molecule has 1 aromatic heterocycles. The molecule has 0 aliphatic heterocycles. The normalized spacial score (nSPS) is 10.0. The molecule has 0 radical (unpaired) electrons. The Balaban J connectivity index is 2.15. The summed E-state index contributed by atoms with van der Waals surface area (Å²) in [7, 11) is 0. The largest absolute Gasteiger partial charge is 0.445 e. The number of hydrogen-bond acceptors (Lipinski definition) is 0. The van der Waals surface area contributed by atoms with Crippen LogP contribution in [-0.2, 0) is 6.54 Å². The fourth-order valence-corrected chi connectivity index (χ4v) is 1.21. The van der Waals surface area contributed by atoms with Crippen LogP contribution in [-0.4, -0.2) is 4.57 Å². The molecule has 0 saturated carbocycles. The lowest BCUT2D eigenvalue weighted by molar-refractivity contribution is 0.806. The average Bonchev–Trinajstić information content (AvgIpc) is 2.59. The quantitative estimate of drug-likeness (QED) is 0.588. The fraction of sp³-hybridized carbons (Fsp3) is 0.0909. The Labute approximate surface area is 72.3 Å². The molecule has 0 fully saturated rings. The van der Waals surface area contributed by atoms with Gasteiger partial charge in [-0.25, -0.2) is 12.1 Å². The summed E-state index contributed by atoms with van der Waals surface area (Å²) in [4.78, 5) is 0. The van der Waals surface area contributed by atoms with Crippen molar-refractivity contribution in [2.75, 3.05) is 0 Å². The number of benzene rings is 1. The van der Waals surface area contributed by atoms with Crippen molar-refractivity contribution < 1.29 is 0 Å². The van der Waals surface area contributed by atoms with Crippen LogP contribution in [0.4, 0.5) is 0 Å². The third-order valence-electron chi connectivity index (χ3n) is 1.81. The van der Waals surface area contributed by atoms with E-state index in [0.717, 1.165) is 6.54 Å². The van der Waals surface area contributed by atoms with Crippen LogP contribution in [0.25, 0.3) is 0 Å². The molecule has 0 unspecified atom stereocenters. The molecule has 60 valence electrons. The second kappa shape index (κ2) is 3.26. The van der Waals surface area contributed by atoms with E-state index in [1.807, 2.05) is 24.5 Å². The SMILES string of the molecule is [c-]1ccn(Cc2ccccc2)c1. The first-order valence-corrected chi connectivity index (χ1v) is 4.01. The molecule has 2 rings (SSSR count). The van der Waals surface area contributed by atoms with E-state index in [2.05, 4.69) is 34.9 Å². The maximum atomic E-state index is 3.01. The van der Waals surface area contributed by atoms with E-state index >= 15 is 0 Å². The molecule has 0 atom stereocenters. The zero-order valence-electron chi connectivity index (χ0n) is 6.77. The van der Waals surface area contributed by atoms with Gasteiger partial charge >= 0.3 is 0 Å². The standard InChI is InChI=1S/C11H10N/c1-2-6-11(7-3-1)10-12-8-4-5-9-12/h1-4,6-9H,10H2/q-1. The second-order valence-corrected chi connectivity index (χ2v) is 2.77. The molecule has 1 aromatic carbocycles. The van der Waals surface area contributed by atoms with Gasteiger partial charge in [0.25, 0.3) is 0 Å². The molecule has 1 heterocycles. The molecule has 0 aliphatic rings. The summed E-state index contributed by atoms with van der Waals surface area (Å²) in [5.41, 5.74) is 1.32. The van der Waals surface area contributed by atoms with Crippen molar-refractivity contribution in [1.82, 2.24) is 4.57 Å². The summed E-state index contributed by atoms with van der Waals surface area (Å²) >= 11 is 0. The van der Waals surface area contributed by atoms with Gasteiger partial charge in [0.15, 0.2) is 0 Å². The van der Waals surface area contributed by atoms with Gasteiger partial charge in [-0.15, -0.1) is 12.4 Å². The third kappa shape index (κ3) is 1.56. The van der Waals surface area contributed by atoms with E-state index in [4.69, 9.17) is 0 Å². The lowest BCUT2D eigenvalue weighted by atomic mass is 10.2. The van der Waals surface area contributed by atoms with Crippen LogP contribution >= 0.6 is 0 Å². The molecular weight excluding hydrogens is 146 g/mol. The first-order chi connectivity index (χ1) is 5.95. The van der Waals surface area contributed by atoms with Crippen molar-refractivity contribution in [3.63, 3.8) is 0 Å². The predicted octanol–water partition coefficient (Wildman–Crippen LogP) is 2.34. The topological polar surface area (TPSA) is 4.93 Å². The van der Waals surface area contributed by atoms with Crippen LogP contribution in [0, 0.1) is 6.07 Å². The monoisotopic (exact) mass is 156 g/mol. The summed E-state index contributed by atoms with van der Waals surface area (Å²) in [5, 5.41) is 0. The lowest BCUT2D eigenvalue weighted by Gasteiger charge is -2.06. The van der Waals surface area contributed by atoms with Gasteiger partial charge in [0, 0.05) is 6.54 Å². The molecule has 2 aromatic rings. The van der Waals surface area contributed by atoms with Crippen LogP contribution in [0.5, 0.6) is 0 Å². The highest BCUT2D eigenvalue weighted by molar-refractivity contribution is 5.15. The van der Waals surface area contributed by atoms with E-state index < -0.39 is 0 Å². The highest BCUT2D eigenvalue weighted by Crippen LogP contribution is 2.01. The number of aromatic nitrogens is 1. The van der Waals surface area contributed by atoms with Crippen molar-refractivity contribution in [1.29, 1.82) is 0 Å². The van der Waals surface area contributed by atoms with Crippen molar-refractivity contribution in [3.8, 4) is 0 Å². The third-order valence-corrected chi connectivity index (χ3v) is 1.81. The van der Waals surface area contributed by atoms with Gasteiger partial charge in [-0.2, -0.15) is 0 Å². The molecule has 1 heteroatoms. The molecule has 0 saturated heterocycles. The average molecular weight is 156 g/mol. The Morgan fingerprint density at radius 2 is 2.00 bits per heavy atom. The van der Waals surface area contributed by atoms with Crippen molar-refractivity contribution >= 4 is 0 Å². The smallest absolute Gasteiger partial charge is 0.0287 e. The Morgan fingerprint density at radius 3 is 2.67 bits per heavy atom. The van der Waals surface area contributed by atoms with Crippen LogP contribution in [0.2, 0.25) is 0 Å². The summed E-state index contributed by atoms with van der Waals surface area (Å²) in [6.45, 7) is 0.935. The van der Waals surface area contributed by atoms with Gasteiger partial charge in [0.2, 0.25) is 0 Å². The molecule has 0 aliphatic carbocycles. The molecule has 0 spiro atoms. The van der Waals surface area contributed by atoms with E-state index in [1.54, 1.807) is 0 Å². The summed E-state index contributed by atoms with van der Waals surface area (Å²) in [5.74, 6) is 0. The molecule has 0 bridgehead atoms. The lowest BCUT2D eigenvalue weighted by Crippen LogP contribution is -1.94. The van der Waals surface area contributed by atoms with Gasteiger partial charge in [0.05, 0.1) is 0 Å². The Hall–Kier alpha value is -1.50. The first-order valence-electron chi connectivity index (χ1n) is 4.01. The number of hydrogen-bond donors (Lipinski definition) is 0. The zero-order valence-corrected chi connectivity index (χ0v) is 6.77. The van der Waals surface area contributed by atoms with Crippen LogP contribution in [0.3, 0.4) is 0 Å². The van der Waals surface area contributed by atoms with E-state index in [0.29, 0.717) is 0 Å². The van der Waals surface area contributed by atoms with Gasteiger partial charge in [-0.1, -0.05) is 30.3 Å². The maximum absolute atomic E-state index is 3.01. The number of rotatable bonds is 2. The fourth-order valence-electron chi connectivity index (χ4n) is 1.21. The van der Waals surface area contributed by atoms with Gasteiger partial charge in [-0.05, 0) is 5.56 Å². The summed E-state index contributed by atoms with van der Waals surface area (Å²) in [6.07, 6.45) is 3.97. The van der Waals surface area contributed by atoms with Crippen molar-refractivity contribution in [3.05, 3.63) is 60.4 Å². The van der Waals surface area contributed by atoms with Gasteiger partial charge < -0.3 is 4.57 Å². The highest BCUT2D eigenvalue weighted by atomic mass is 14.9. The predicted molar refractivity (Wildman–Crippen MR) is 48.8 cm³/mol. The van der Waals surface area contributed by atoms with Gasteiger partial charge in [-0.3, -0.25) is 0 Å². The second-order valence-electron chi connectivity index (χ2n) is 2.77. The minimum Gasteiger partial charge on any atom is -0.445 e. The maximum Gasteiger partial charge on any atom is 0.0287 e. The molecule has 0 N–H and O–H groups in total. The Kier molecular flexibility index (Phi) is 1.95.